The predicted octanol–water partition coefficient (Wildman–Crippen LogP) is 1.02. The van der Waals surface area contributed by atoms with E-state index in [2.05, 4.69) is 15.6 Å². The minimum Gasteiger partial charge on any atom is -0.490 e. The number of ether oxygens (including phenoxy) is 1. The van der Waals surface area contributed by atoms with Crippen LogP contribution in [0.25, 0.3) is 0 Å². The van der Waals surface area contributed by atoms with Gasteiger partial charge < -0.3 is 31.9 Å². The van der Waals surface area contributed by atoms with Gasteiger partial charge in [-0.05, 0) is 56.1 Å². The van der Waals surface area contributed by atoms with Crippen molar-refractivity contribution in [3.8, 4) is 5.75 Å². The Morgan fingerprint density at radius 2 is 1.84 bits per heavy atom. The van der Waals surface area contributed by atoms with Crippen LogP contribution in [0.4, 0.5) is 0 Å². The summed E-state index contributed by atoms with van der Waals surface area (Å²) in [4.78, 5) is 27.1. The Kier molecular flexibility index (Phi) is 8.18. The number of piperidine rings is 1. The van der Waals surface area contributed by atoms with Crippen LogP contribution in [-0.2, 0) is 17.8 Å². The fourth-order valence-corrected chi connectivity index (χ4v) is 3.38. The van der Waals surface area contributed by atoms with Gasteiger partial charge in [0.2, 0.25) is 0 Å². The molecule has 0 aromatic heterocycles. The molecular formula is C23H29N5O4. The highest BCUT2D eigenvalue weighted by atomic mass is 16.5. The summed E-state index contributed by atoms with van der Waals surface area (Å²) >= 11 is 0. The lowest BCUT2D eigenvalue weighted by molar-refractivity contribution is -0.138. The van der Waals surface area contributed by atoms with E-state index < -0.39 is 17.9 Å². The summed E-state index contributed by atoms with van der Waals surface area (Å²) in [6.45, 7) is 2.26. The molecule has 0 unspecified atom stereocenters. The van der Waals surface area contributed by atoms with Gasteiger partial charge in [0, 0.05) is 17.7 Å². The molecule has 1 aliphatic rings. The van der Waals surface area contributed by atoms with E-state index in [1.54, 1.807) is 24.3 Å². The van der Waals surface area contributed by atoms with Crippen LogP contribution in [-0.4, -0.2) is 48.2 Å². The average Bonchev–Trinajstić information content (AvgIpc) is 2.79. The third-order valence-corrected chi connectivity index (χ3v) is 5.21. The number of nitrogens with two attached hydrogens (primary N) is 2. The predicted molar refractivity (Wildman–Crippen MR) is 122 cm³/mol. The molecule has 0 bridgehead atoms. The van der Waals surface area contributed by atoms with Crippen LogP contribution in [0.1, 0.15) is 34.3 Å². The minimum atomic E-state index is -1.07. The largest absolute Gasteiger partial charge is 0.490 e. The molecule has 7 N–H and O–H groups in total. The van der Waals surface area contributed by atoms with Crippen molar-refractivity contribution in [1.82, 2.24) is 10.6 Å². The molecule has 1 fully saturated rings. The summed E-state index contributed by atoms with van der Waals surface area (Å²) in [5.74, 6) is -0.774. The van der Waals surface area contributed by atoms with Crippen LogP contribution in [0, 0.1) is 0 Å². The van der Waals surface area contributed by atoms with E-state index in [0.29, 0.717) is 12.1 Å². The smallest absolute Gasteiger partial charge is 0.320 e. The molecule has 1 aliphatic heterocycles. The monoisotopic (exact) mass is 439 g/mol. The zero-order valence-corrected chi connectivity index (χ0v) is 17.8. The average molecular weight is 440 g/mol. The van der Waals surface area contributed by atoms with E-state index in [1.165, 1.54) is 0 Å². The molecule has 1 amide bonds. The van der Waals surface area contributed by atoms with E-state index in [4.69, 9.17) is 21.3 Å². The highest BCUT2D eigenvalue weighted by Crippen LogP contribution is 2.21. The maximum Gasteiger partial charge on any atom is 0.320 e. The lowest BCUT2D eigenvalue weighted by atomic mass is 10.0. The first kappa shape index (κ1) is 23.2. The van der Waals surface area contributed by atoms with Crippen LogP contribution in [0.3, 0.4) is 0 Å². The molecule has 1 saturated heterocycles. The molecule has 1 heterocycles. The summed E-state index contributed by atoms with van der Waals surface area (Å²) < 4.78 is 6.15. The molecule has 9 nitrogen and oxygen atoms in total. The lowest BCUT2D eigenvalue weighted by Gasteiger charge is -2.25. The van der Waals surface area contributed by atoms with Crippen molar-refractivity contribution < 1.29 is 19.4 Å². The van der Waals surface area contributed by atoms with Crippen molar-refractivity contribution in [2.45, 2.75) is 38.0 Å². The number of guanidine groups is 1. The number of amides is 1. The Morgan fingerprint density at radius 3 is 2.53 bits per heavy atom. The summed E-state index contributed by atoms with van der Waals surface area (Å²) in [5.41, 5.74) is 13.4. The van der Waals surface area contributed by atoms with Crippen molar-refractivity contribution in [2.75, 3.05) is 13.1 Å². The van der Waals surface area contributed by atoms with Crippen molar-refractivity contribution in [3.05, 3.63) is 65.2 Å². The summed E-state index contributed by atoms with van der Waals surface area (Å²) in [6, 6.07) is 13.2. The van der Waals surface area contributed by atoms with Crippen molar-refractivity contribution in [2.24, 2.45) is 16.5 Å². The molecule has 0 radical (unpaired) electrons. The maximum atomic E-state index is 12.4. The van der Waals surface area contributed by atoms with E-state index in [9.17, 15) is 9.59 Å². The zero-order chi connectivity index (χ0) is 22.9. The number of aliphatic imine (C=N–C) groups is 1. The zero-order valence-electron chi connectivity index (χ0n) is 17.8. The molecule has 0 spiro atoms. The number of carboxylic acid groups (broad SMARTS) is 1. The molecule has 0 aliphatic carbocycles. The van der Waals surface area contributed by atoms with Crippen molar-refractivity contribution in [1.29, 1.82) is 0 Å². The van der Waals surface area contributed by atoms with Gasteiger partial charge in [0.15, 0.2) is 5.96 Å². The first-order valence-electron chi connectivity index (χ1n) is 10.6. The van der Waals surface area contributed by atoms with Crippen LogP contribution in [0.5, 0.6) is 5.75 Å². The van der Waals surface area contributed by atoms with E-state index in [1.807, 2.05) is 24.3 Å². The normalized spacial score (nSPS) is 15.7. The molecule has 2 aromatic rings. The van der Waals surface area contributed by atoms with Gasteiger partial charge in [-0.15, -0.1) is 0 Å². The first-order valence-corrected chi connectivity index (χ1v) is 10.6. The number of para-hydroxylation sites is 1. The third-order valence-electron chi connectivity index (χ3n) is 5.21. The van der Waals surface area contributed by atoms with Gasteiger partial charge in [0.1, 0.15) is 17.9 Å². The second-order valence-electron chi connectivity index (χ2n) is 7.68. The second-order valence-corrected chi connectivity index (χ2v) is 7.68. The Morgan fingerprint density at radius 1 is 1.16 bits per heavy atom. The number of nitrogens with one attached hydrogen (secondary N) is 2. The SMILES string of the molecule is N/C(=N\C(=O)c1ccc(C[C@H](N)C(=O)O)cc1)NCc1ccccc1OC1CCNCC1. The first-order chi connectivity index (χ1) is 15.4. The molecule has 1 atom stereocenters. The highest BCUT2D eigenvalue weighted by molar-refractivity contribution is 6.02. The molecule has 0 saturated carbocycles. The Balaban J connectivity index is 1.56. The third kappa shape index (κ3) is 6.79. The molecule has 2 aromatic carbocycles. The molecule has 9 heteroatoms. The van der Waals surface area contributed by atoms with Crippen LogP contribution in [0.2, 0.25) is 0 Å². The number of benzene rings is 2. The van der Waals surface area contributed by atoms with E-state index in [0.717, 1.165) is 42.8 Å². The van der Waals surface area contributed by atoms with Gasteiger partial charge in [0.25, 0.3) is 5.91 Å². The fraction of sp³-hybridized carbons (Fsp3) is 0.348. The summed E-state index contributed by atoms with van der Waals surface area (Å²) in [5, 5.41) is 15.2. The Labute approximate surface area is 186 Å². The number of hydrogen-bond acceptors (Lipinski definition) is 5. The van der Waals surface area contributed by atoms with Gasteiger partial charge in [-0.3, -0.25) is 9.59 Å². The second kappa shape index (κ2) is 11.3. The minimum absolute atomic E-state index is 0.00338. The topological polar surface area (TPSA) is 152 Å². The molecular weight excluding hydrogens is 410 g/mol. The van der Waals surface area contributed by atoms with Gasteiger partial charge in [-0.1, -0.05) is 30.3 Å². The number of carboxylic acids is 1. The maximum absolute atomic E-state index is 12.4. The van der Waals surface area contributed by atoms with Gasteiger partial charge in [-0.2, -0.15) is 4.99 Å². The number of carbonyl (C=O) groups excluding carboxylic acids is 1. The quantitative estimate of drug-likeness (QED) is 0.302. The highest BCUT2D eigenvalue weighted by Gasteiger charge is 2.16. The van der Waals surface area contributed by atoms with Crippen LogP contribution >= 0.6 is 0 Å². The van der Waals surface area contributed by atoms with Gasteiger partial charge in [-0.25, -0.2) is 0 Å². The van der Waals surface area contributed by atoms with Gasteiger partial charge >= 0.3 is 5.97 Å². The van der Waals surface area contributed by atoms with E-state index >= 15 is 0 Å². The number of aliphatic carboxylic acids is 1. The lowest BCUT2D eigenvalue weighted by Crippen LogP contribution is -2.35. The van der Waals surface area contributed by atoms with Crippen LogP contribution < -0.4 is 26.8 Å². The number of rotatable bonds is 8. The summed E-state index contributed by atoms with van der Waals surface area (Å²) in [6.07, 6.45) is 2.27. The number of carbonyl (C=O) groups is 2. The fourth-order valence-electron chi connectivity index (χ4n) is 3.38. The van der Waals surface area contributed by atoms with Crippen molar-refractivity contribution in [3.63, 3.8) is 0 Å². The number of hydrogen-bond donors (Lipinski definition) is 5. The Bertz CT molecular complexity index is 955. The molecule has 32 heavy (non-hydrogen) atoms. The van der Waals surface area contributed by atoms with Crippen LogP contribution in [0.15, 0.2) is 53.5 Å². The Hall–Kier alpha value is -3.43. The number of nitrogens with zero attached hydrogens (tertiary/aromatic N) is 1. The molecule has 170 valence electrons. The van der Waals surface area contributed by atoms with E-state index in [-0.39, 0.29) is 18.5 Å². The van der Waals surface area contributed by atoms with Crippen molar-refractivity contribution >= 4 is 17.8 Å². The summed E-state index contributed by atoms with van der Waals surface area (Å²) in [7, 11) is 0. The van der Waals surface area contributed by atoms with Gasteiger partial charge in [0.05, 0.1) is 0 Å². The standard InChI is InChI=1S/C23H29N5O4/c24-19(22(30)31)13-15-5-7-16(8-6-15)21(29)28-23(25)27-14-17-3-1-2-4-20(17)32-18-9-11-26-12-10-18/h1-8,18-19,26H,9-14,24H2,(H,30,31)(H3,25,27,28,29)/t19-/m0/s1. The molecule has 3 rings (SSSR count).